The zero-order chi connectivity index (χ0) is 12.2. The lowest BCUT2D eigenvalue weighted by Gasteiger charge is -2.01. The Morgan fingerprint density at radius 2 is 1.44 bits per heavy atom. The van der Waals surface area contributed by atoms with Crippen LogP contribution in [0.3, 0.4) is 0 Å². The van der Waals surface area contributed by atoms with Gasteiger partial charge in [0.2, 0.25) is 5.52 Å². The second kappa shape index (κ2) is 5.01. The van der Waals surface area contributed by atoms with Crippen LogP contribution in [0.4, 0.5) is 0 Å². The van der Waals surface area contributed by atoms with Gasteiger partial charge < -0.3 is 0 Å². The van der Waals surface area contributed by atoms with E-state index in [1.807, 2.05) is 0 Å². The van der Waals surface area contributed by atoms with Crippen LogP contribution in [-0.4, -0.2) is 0 Å². The molecule has 0 aliphatic heterocycles. The molecular weight excluding hydrogens is 218 g/mol. The molecule has 0 saturated carbocycles. The highest BCUT2D eigenvalue weighted by Crippen LogP contribution is 2.08. The van der Waals surface area contributed by atoms with Gasteiger partial charge in [-0.25, -0.2) is 0 Å². The van der Waals surface area contributed by atoms with Gasteiger partial charge in [-0.2, -0.15) is 4.57 Å². The van der Waals surface area contributed by atoms with E-state index < -0.39 is 0 Å². The maximum Gasteiger partial charge on any atom is 0.212 e. The summed E-state index contributed by atoms with van der Waals surface area (Å²) in [5.41, 5.74) is 2.69. The van der Waals surface area contributed by atoms with Gasteiger partial charge in [-0.1, -0.05) is 42.5 Å². The largest absolute Gasteiger partial charge is 0.212 e. The van der Waals surface area contributed by atoms with E-state index >= 15 is 0 Å². The van der Waals surface area contributed by atoms with E-state index in [0.29, 0.717) is 0 Å². The summed E-state index contributed by atoms with van der Waals surface area (Å²) in [6.45, 7) is 1.02. The highest BCUT2D eigenvalue weighted by molar-refractivity contribution is 5.74. The molecule has 0 aliphatic carbocycles. The highest BCUT2D eigenvalue weighted by Gasteiger charge is 2.06. The maximum atomic E-state index is 2.32. The summed E-state index contributed by atoms with van der Waals surface area (Å²) < 4.78 is 2.32. The summed E-state index contributed by atoms with van der Waals surface area (Å²) in [7, 11) is 0. The van der Waals surface area contributed by atoms with Gasteiger partial charge in [0.15, 0.2) is 12.7 Å². The van der Waals surface area contributed by atoms with Gasteiger partial charge in [-0.05, 0) is 17.7 Å². The molecule has 0 aliphatic rings. The number of nitrogens with zero attached hydrogens (tertiary/aromatic N) is 1. The number of para-hydroxylation sites is 1. The predicted octanol–water partition coefficient (Wildman–Crippen LogP) is 3.37. The zero-order valence-electron chi connectivity index (χ0n) is 10.3. The Hall–Kier alpha value is -2.15. The van der Waals surface area contributed by atoms with Gasteiger partial charge in [0.25, 0.3) is 0 Å². The number of fused-ring (bicyclic) bond motifs is 1. The first-order valence-electron chi connectivity index (χ1n) is 6.34. The van der Waals surface area contributed by atoms with Crippen molar-refractivity contribution in [2.75, 3.05) is 0 Å². The molecule has 0 saturated heterocycles. The summed E-state index contributed by atoms with van der Waals surface area (Å²) >= 11 is 0. The van der Waals surface area contributed by atoms with Crippen LogP contribution < -0.4 is 4.57 Å². The molecule has 88 valence electrons. The minimum absolute atomic E-state index is 1.02. The van der Waals surface area contributed by atoms with Gasteiger partial charge in [-0.3, -0.25) is 0 Å². The minimum Gasteiger partial charge on any atom is -0.198 e. The first-order valence-corrected chi connectivity index (χ1v) is 6.34. The average Bonchev–Trinajstić information content (AvgIpc) is 2.46. The summed E-state index contributed by atoms with van der Waals surface area (Å²) in [6.07, 6.45) is 3.23. The number of hydrogen-bond donors (Lipinski definition) is 0. The van der Waals surface area contributed by atoms with Crippen LogP contribution >= 0.6 is 0 Å². The fraction of sp³-hybridized carbons (Fsp3) is 0.118. The molecule has 1 nitrogen and oxygen atoms in total. The van der Waals surface area contributed by atoms with Gasteiger partial charge in [-0.15, -0.1) is 0 Å². The lowest BCUT2D eigenvalue weighted by Crippen LogP contribution is -2.35. The number of rotatable bonds is 3. The van der Waals surface area contributed by atoms with Crippen molar-refractivity contribution in [3.05, 3.63) is 78.5 Å². The van der Waals surface area contributed by atoms with Crippen LogP contribution in [0.15, 0.2) is 72.9 Å². The van der Waals surface area contributed by atoms with E-state index in [0.717, 1.165) is 13.0 Å². The third kappa shape index (κ3) is 2.25. The van der Waals surface area contributed by atoms with Crippen LogP contribution in [-0.2, 0) is 13.0 Å². The zero-order valence-corrected chi connectivity index (χ0v) is 10.3. The molecule has 3 rings (SSSR count). The van der Waals surface area contributed by atoms with Crippen molar-refractivity contribution < 1.29 is 4.57 Å². The number of aromatic nitrogens is 1. The molecule has 0 atom stereocenters. The van der Waals surface area contributed by atoms with Crippen LogP contribution in [0.5, 0.6) is 0 Å². The van der Waals surface area contributed by atoms with Crippen molar-refractivity contribution in [1.29, 1.82) is 0 Å². The Balaban J connectivity index is 1.87. The second-order valence-electron chi connectivity index (χ2n) is 4.50. The molecule has 1 heterocycles. The Bertz CT molecular complexity index is 639. The molecule has 1 aromatic heterocycles. The van der Waals surface area contributed by atoms with Crippen LogP contribution in [0.2, 0.25) is 0 Å². The first-order chi connectivity index (χ1) is 8.93. The molecular formula is C17H16N+. The van der Waals surface area contributed by atoms with E-state index in [9.17, 15) is 0 Å². The molecule has 0 N–H and O–H groups in total. The van der Waals surface area contributed by atoms with E-state index in [1.54, 1.807) is 0 Å². The number of aryl methyl sites for hydroxylation is 2. The predicted molar refractivity (Wildman–Crippen MR) is 74.3 cm³/mol. The Kier molecular flexibility index (Phi) is 3.05. The second-order valence-corrected chi connectivity index (χ2v) is 4.50. The standard InChI is InChI=1S/C17H16N/c1-2-7-15(8-3-1)12-14-18-13-6-10-16-9-4-5-11-17(16)18/h1-11,13H,12,14H2/q+1. The monoisotopic (exact) mass is 234 g/mol. The molecule has 2 aromatic carbocycles. The number of benzene rings is 2. The van der Waals surface area contributed by atoms with E-state index in [1.165, 1.54) is 16.5 Å². The summed E-state index contributed by atoms with van der Waals surface area (Å²) in [5, 5.41) is 1.30. The fourth-order valence-electron chi connectivity index (χ4n) is 2.31. The topological polar surface area (TPSA) is 3.88 Å². The Morgan fingerprint density at radius 3 is 2.33 bits per heavy atom. The third-order valence-corrected chi connectivity index (χ3v) is 3.27. The van der Waals surface area contributed by atoms with Crippen molar-refractivity contribution in [1.82, 2.24) is 0 Å². The fourth-order valence-corrected chi connectivity index (χ4v) is 2.31. The molecule has 0 radical (unpaired) electrons. The van der Waals surface area contributed by atoms with Crippen molar-refractivity contribution in [2.45, 2.75) is 13.0 Å². The molecule has 0 unspecified atom stereocenters. The summed E-state index contributed by atoms with van der Waals surface area (Å²) in [5.74, 6) is 0. The van der Waals surface area contributed by atoms with Gasteiger partial charge in [0.1, 0.15) is 0 Å². The minimum atomic E-state index is 1.02. The van der Waals surface area contributed by atoms with E-state index in [4.69, 9.17) is 0 Å². The highest BCUT2D eigenvalue weighted by atomic mass is 14.9. The lowest BCUT2D eigenvalue weighted by atomic mass is 10.1. The Labute approximate surface area is 107 Å². The molecule has 18 heavy (non-hydrogen) atoms. The van der Waals surface area contributed by atoms with Crippen molar-refractivity contribution in [2.24, 2.45) is 0 Å². The summed E-state index contributed by atoms with van der Waals surface area (Å²) in [4.78, 5) is 0. The lowest BCUT2D eigenvalue weighted by molar-refractivity contribution is -0.670. The molecule has 3 aromatic rings. The van der Waals surface area contributed by atoms with E-state index in [-0.39, 0.29) is 0 Å². The first kappa shape index (κ1) is 11.0. The number of hydrogen-bond acceptors (Lipinski definition) is 0. The Morgan fingerprint density at radius 1 is 0.722 bits per heavy atom. The average molecular weight is 234 g/mol. The van der Waals surface area contributed by atoms with Crippen LogP contribution in [0, 0.1) is 0 Å². The van der Waals surface area contributed by atoms with Gasteiger partial charge in [0, 0.05) is 23.9 Å². The number of pyridine rings is 1. The molecule has 0 bridgehead atoms. The quantitative estimate of drug-likeness (QED) is 0.612. The van der Waals surface area contributed by atoms with Gasteiger partial charge in [0.05, 0.1) is 0 Å². The maximum absolute atomic E-state index is 2.32. The third-order valence-electron chi connectivity index (χ3n) is 3.27. The van der Waals surface area contributed by atoms with Crippen molar-refractivity contribution >= 4 is 10.9 Å². The molecule has 1 heteroatoms. The van der Waals surface area contributed by atoms with Crippen LogP contribution in [0.25, 0.3) is 10.9 Å². The summed E-state index contributed by atoms with van der Waals surface area (Å²) in [6, 6.07) is 23.4. The van der Waals surface area contributed by atoms with E-state index in [2.05, 4.69) is 77.5 Å². The van der Waals surface area contributed by atoms with Crippen molar-refractivity contribution in [3.8, 4) is 0 Å². The van der Waals surface area contributed by atoms with Gasteiger partial charge >= 0.3 is 0 Å². The van der Waals surface area contributed by atoms with Crippen molar-refractivity contribution in [3.63, 3.8) is 0 Å². The van der Waals surface area contributed by atoms with Crippen LogP contribution in [0.1, 0.15) is 5.56 Å². The molecule has 0 fully saturated rings. The smallest absolute Gasteiger partial charge is 0.198 e. The normalized spacial score (nSPS) is 10.7. The molecule has 0 amide bonds. The molecule has 0 spiro atoms. The SMILES string of the molecule is c1ccc(CC[n+]2cccc3ccccc32)cc1.